The topological polar surface area (TPSA) is 71.3 Å². The molecule has 0 aliphatic carbocycles. The van der Waals surface area contributed by atoms with Crippen LogP contribution in [-0.4, -0.2) is 63.3 Å². The van der Waals surface area contributed by atoms with E-state index in [1.54, 1.807) is 22.7 Å². The predicted octanol–water partition coefficient (Wildman–Crippen LogP) is 1.21. The van der Waals surface area contributed by atoms with E-state index in [1.165, 1.54) is 12.1 Å². The van der Waals surface area contributed by atoms with Gasteiger partial charge in [-0.2, -0.15) is 0 Å². The van der Waals surface area contributed by atoms with Gasteiger partial charge in [-0.1, -0.05) is 5.21 Å². The molecule has 2 amide bonds. The molecule has 0 saturated carbocycles. The summed E-state index contributed by atoms with van der Waals surface area (Å²) in [4.78, 5) is 27.9. The van der Waals surface area contributed by atoms with Gasteiger partial charge < -0.3 is 9.80 Å². The summed E-state index contributed by atoms with van der Waals surface area (Å²) in [6.07, 6.45) is 2.06. The normalized spacial score (nSPS) is 24.3. The number of nitrogens with zero attached hydrogens (tertiary/aromatic N) is 5. The Balaban J connectivity index is 1.52. The van der Waals surface area contributed by atoms with E-state index in [9.17, 15) is 14.0 Å². The van der Waals surface area contributed by atoms with Crippen molar-refractivity contribution in [1.29, 1.82) is 0 Å². The van der Waals surface area contributed by atoms with Crippen LogP contribution >= 0.6 is 0 Å². The van der Waals surface area contributed by atoms with Gasteiger partial charge in [0.1, 0.15) is 11.3 Å². The van der Waals surface area contributed by atoms with Gasteiger partial charge in [0.05, 0.1) is 17.5 Å². The highest BCUT2D eigenvalue weighted by Crippen LogP contribution is 2.27. The Morgan fingerprint density at radius 3 is 2.92 bits per heavy atom. The number of amides is 2. The highest BCUT2D eigenvalue weighted by atomic mass is 19.1. The molecule has 0 N–H and O–H groups in total. The summed E-state index contributed by atoms with van der Waals surface area (Å²) in [5.41, 5.74) is 1.29. The zero-order valence-corrected chi connectivity index (χ0v) is 14.1. The summed E-state index contributed by atoms with van der Waals surface area (Å²) < 4.78 is 15.1. The van der Waals surface area contributed by atoms with Gasteiger partial charge in [0.2, 0.25) is 11.8 Å². The molecule has 2 atom stereocenters. The predicted molar refractivity (Wildman–Crippen MR) is 88.1 cm³/mol. The summed E-state index contributed by atoms with van der Waals surface area (Å²) in [5, 5.41) is 8.22. The average molecular weight is 345 g/mol. The number of rotatable bonds is 2. The molecule has 2 aliphatic heterocycles. The monoisotopic (exact) mass is 345 g/mol. The van der Waals surface area contributed by atoms with Crippen molar-refractivity contribution in [1.82, 2.24) is 24.8 Å². The third kappa shape index (κ3) is 2.85. The molecular formula is C17H20FN5O2. The number of halogens is 1. The first kappa shape index (κ1) is 16.0. The van der Waals surface area contributed by atoms with Crippen LogP contribution in [-0.2, 0) is 9.59 Å². The second-order valence-electron chi connectivity index (χ2n) is 6.92. The van der Waals surface area contributed by atoms with Crippen molar-refractivity contribution in [2.24, 2.45) is 5.92 Å². The van der Waals surface area contributed by atoms with Crippen molar-refractivity contribution in [3.8, 4) is 0 Å². The Kier molecular flexibility index (Phi) is 3.89. The molecule has 132 valence electrons. The van der Waals surface area contributed by atoms with Crippen LogP contribution < -0.4 is 0 Å². The lowest BCUT2D eigenvalue weighted by molar-refractivity contribution is -0.137. The fourth-order valence-corrected chi connectivity index (χ4v) is 3.83. The summed E-state index contributed by atoms with van der Waals surface area (Å²) >= 11 is 0. The molecule has 2 saturated heterocycles. The number of fused-ring (bicyclic) bond motifs is 1. The van der Waals surface area contributed by atoms with Crippen LogP contribution in [0.5, 0.6) is 0 Å². The van der Waals surface area contributed by atoms with Gasteiger partial charge in [-0.25, -0.2) is 9.07 Å². The molecule has 8 heteroatoms. The van der Waals surface area contributed by atoms with Crippen LogP contribution in [0, 0.1) is 11.7 Å². The van der Waals surface area contributed by atoms with Crippen molar-refractivity contribution < 1.29 is 14.0 Å². The van der Waals surface area contributed by atoms with Gasteiger partial charge in [-0.15, -0.1) is 5.10 Å². The molecule has 3 heterocycles. The van der Waals surface area contributed by atoms with Crippen molar-refractivity contribution in [2.45, 2.75) is 25.3 Å². The van der Waals surface area contributed by atoms with Crippen molar-refractivity contribution in [3.05, 3.63) is 24.0 Å². The average Bonchev–Trinajstić information content (AvgIpc) is 3.17. The SMILES string of the molecule is CN1C[C@H](C(=O)N2CCC[C@@H](n3nnc4cc(F)ccc43)C2)CC1=O. The number of likely N-dealkylation sites (tertiary alicyclic amines) is 2. The largest absolute Gasteiger partial charge is 0.345 e. The maximum absolute atomic E-state index is 13.3. The standard InChI is InChI=1S/C17H20FN5O2/c1-21-9-11(7-16(21)24)17(25)22-6-2-3-13(10-22)23-15-5-4-12(18)8-14(15)19-20-23/h4-5,8,11,13H,2-3,6-7,9-10H2,1H3/t11-,13-/m1/s1. The second kappa shape index (κ2) is 6.09. The van der Waals surface area contributed by atoms with E-state index in [0.29, 0.717) is 31.6 Å². The van der Waals surface area contributed by atoms with E-state index >= 15 is 0 Å². The van der Waals surface area contributed by atoms with Gasteiger partial charge in [0, 0.05) is 39.2 Å². The van der Waals surface area contributed by atoms with Crippen LogP contribution in [0.25, 0.3) is 11.0 Å². The number of carbonyl (C=O) groups excluding carboxylic acids is 2. The fourth-order valence-electron chi connectivity index (χ4n) is 3.83. The van der Waals surface area contributed by atoms with Gasteiger partial charge in [0.25, 0.3) is 0 Å². The van der Waals surface area contributed by atoms with Crippen LogP contribution in [0.3, 0.4) is 0 Å². The van der Waals surface area contributed by atoms with Crippen LogP contribution in [0.1, 0.15) is 25.3 Å². The number of hydrogen-bond acceptors (Lipinski definition) is 4. The first-order valence-corrected chi connectivity index (χ1v) is 8.56. The maximum atomic E-state index is 13.3. The van der Waals surface area contributed by atoms with Crippen molar-refractivity contribution in [3.63, 3.8) is 0 Å². The maximum Gasteiger partial charge on any atom is 0.228 e. The first-order valence-electron chi connectivity index (χ1n) is 8.56. The molecule has 0 unspecified atom stereocenters. The van der Waals surface area contributed by atoms with E-state index in [0.717, 1.165) is 18.4 Å². The Morgan fingerprint density at radius 1 is 1.32 bits per heavy atom. The number of hydrogen-bond donors (Lipinski definition) is 0. The lowest BCUT2D eigenvalue weighted by Gasteiger charge is -2.34. The Hall–Kier alpha value is -2.51. The third-order valence-electron chi connectivity index (χ3n) is 5.18. The van der Waals surface area contributed by atoms with Gasteiger partial charge >= 0.3 is 0 Å². The zero-order chi connectivity index (χ0) is 17.6. The smallest absolute Gasteiger partial charge is 0.228 e. The Morgan fingerprint density at radius 2 is 2.16 bits per heavy atom. The lowest BCUT2D eigenvalue weighted by Crippen LogP contribution is -2.44. The molecule has 0 spiro atoms. The Labute approximate surface area is 144 Å². The lowest BCUT2D eigenvalue weighted by atomic mass is 10.0. The van der Waals surface area contributed by atoms with E-state index in [4.69, 9.17) is 0 Å². The van der Waals surface area contributed by atoms with Crippen LogP contribution in [0.2, 0.25) is 0 Å². The number of carbonyl (C=O) groups is 2. The molecule has 7 nitrogen and oxygen atoms in total. The minimum atomic E-state index is -0.338. The molecule has 1 aromatic carbocycles. The van der Waals surface area contributed by atoms with Crippen molar-refractivity contribution in [2.75, 3.05) is 26.7 Å². The molecule has 2 aliphatic rings. The number of benzene rings is 1. The van der Waals surface area contributed by atoms with E-state index in [-0.39, 0.29) is 29.6 Å². The second-order valence-corrected chi connectivity index (χ2v) is 6.92. The third-order valence-corrected chi connectivity index (χ3v) is 5.18. The molecular weight excluding hydrogens is 325 g/mol. The summed E-state index contributed by atoms with van der Waals surface area (Å²) in [7, 11) is 1.73. The van der Waals surface area contributed by atoms with Gasteiger partial charge in [-0.05, 0) is 25.0 Å². The molecule has 2 fully saturated rings. The summed E-state index contributed by atoms with van der Waals surface area (Å²) in [5.74, 6) is -0.526. The molecule has 1 aromatic heterocycles. The molecule has 2 aromatic rings. The summed E-state index contributed by atoms with van der Waals surface area (Å²) in [6, 6.07) is 4.46. The molecule has 25 heavy (non-hydrogen) atoms. The van der Waals surface area contributed by atoms with Crippen molar-refractivity contribution >= 4 is 22.8 Å². The quantitative estimate of drug-likeness (QED) is 0.820. The number of piperidine rings is 1. The summed E-state index contributed by atoms with van der Waals surface area (Å²) in [6.45, 7) is 1.73. The first-order chi connectivity index (χ1) is 12.0. The molecule has 4 rings (SSSR count). The van der Waals surface area contributed by atoms with E-state index in [2.05, 4.69) is 10.3 Å². The van der Waals surface area contributed by atoms with E-state index < -0.39 is 0 Å². The van der Waals surface area contributed by atoms with Crippen LogP contribution in [0.4, 0.5) is 4.39 Å². The Bertz CT molecular complexity index is 836. The van der Waals surface area contributed by atoms with E-state index in [1.807, 2.05) is 4.90 Å². The van der Waals surface area contributed by atoms with Crippen LogP contribution in [0.15, 0.2) is 18.2 Å². The van der Waals surface area contributed by atoms with Gasteiger partial charge in [-0.3, -0.25) is 9.59 Å². The zero-order valence-electron chi connectivity index (χ0n) is 14.1. The van der Waals surface area contributed by atoms with Gasteiger partial charge in [0.15, 0.2) is 0 Å². The minimum Gasteiger partial charge on any atom is -0.345 e. The molecule has 0 bridgehead atoms. The molecule has 0 radical (unpaired) electrons. The fraction of sp³-hybridized carbons (Fsp3) is 0.529. The highest BCUT2D eigenvalue weighted by Gasteiger charge is 2.36. The highest BCUT2D eigenvalue weighted by molar-refractivity contribution is 5.89. The minimum absolute atomic E-state index is 0.0167. The number of aromatic nitrogens is 3.